The second-order valence-electron chi connectivity index (χ2n) is 0.346. The topological polar surface area (TPSA) is 60.7 Å². The first-order valence-corrected chi connectivity index (χ1v) is 0.775. The predicted molar refractivity (Wildman–Crippen MR) is 12.4 cm³/mol. The van der Waals surface area contributed by atoms with Gasteiger partial charge in [-0.15, -0.1) is 0 Å². The number of rotatable bonds is 0. The summed E-state index contributed by atoms with van der Waals surface area (Å²) in [5, 5.41) is 21.5. The molecular formula is H3BLaO3Sc. The molecule has 0 saturated heterocycles. The minimum Gasteiger partial charge on any atom is -0.402 e. The molecule has 3 nitrogen and oxygen atoms in total. The average Bonchev–Trinajstić information content (AvgIpc) is 0.811. The van der Waals surface area contributed by atoms with Crippen LogP contribution in [-0.2, 0) is 25.8 Å². The quantitative estimate of drug-likeness (QED) is 0.431. The molecular weight excluding hydrogens is 243 g/mol. The van der Waals surface area contributed by atoms with Crippen LogP contribution in [-0.4, -0.2) is 22.4 Å². The second-order valence-corrected chi connectivity index (χ2v) is 0.346. The van der Waals surface area contributed by atoms with Gasteiger partial charge in [0.05, 0.1) is 0 Å². The van der Waals surface area contributed by atoms with E-state index in [1.54, 1.807) is 0 Å². The van der Waals surface area contributed by atoms with Gasteiger partial charge in [-0.3, -0.25) is 0 Å². The number of hydrogen-bond donors (Lipinski definition) is 3. The van der Waals surface area contributed by atoms with Crippen molar-refractivity contribution in [2.75, 3.05) is 0 Å². The Hall–Kier alpha value is 2.01. The zero-order valence-electron chi connectivity index (χ0n) is 3.07. The third kappa shape index (κ3) is 37.3. The number of hydrogen-bond acceptors (Lipinski definition) is 3. The molecule has 0 aliphatic carbocycles. The van der Waals surface area contributed by atoms with E-state index >= 15 is 0 Å². The molecule has 30 valence electrons. The zero-order chi connectivity index (χ0) is 3.58. The zero-order valence-corrected chi connectivity index (χ0v) is 8.50. The summed E-state index contributed by atoms with van der Waals surface area (Å²) in [4.78, 5) is 0. The van der Waals surface area contributed by atoms with E-state index in [1.807, 2.05) is 0 Å². The van der Waals surface area contributed by atoms with E-state index in [4.69, 9.17) is 15.1 Å². The molecule has 0 amide bonds. The van der Waals surface area contributed by atoms with Crippen LogP contribution in [0.25, 0.3) is 0 Å². The van der Waals surface area contributed by atoms with Crippen LogP contribution >= 0.6 is 0 Å². The first-order chi connectivity index (χ1) is 1.73. The van der Waals surface area contributed by atoms with Crippen molar-refractivity contribution in [2.24, 2.45) is 0 Å². The molecule has 0 aliphatic rings. The fourth-order valence-electron chi connectivity index (χ4n) is 0. The Morgan fingerprint density at radius 2 is 1.00 bits per heavy atom. The van der Waals surface area contributed by atoms with E-state index in [2.05, 4.69) is 0 Å². The van der Waals surface area contributed by atoms with Crippen molar-refractivity contribution in [1.29, 1.82) is 0 Å². The maximum Gasteiger partial charge on any atom is 0.631 e. The van der Waals surface area contributed by atoms with Crippen LogP contribution in [0.2, 0.25) is 0 Å². The van der Waals surface area contributed by atoms with Crippen molar-refractivity contribution in [2.45, 2.75) is 0 Å². The summed E-state index contributed by atoms with van der Waals surface area (Å²) in [5.74, 6) is 0. The normalized spacial score (nSPS) is 4.50. The SMILES string of the molecule is OB(O)O.[La].[Sc]. The molecule has 0 spiro atoms. The van der Waals surface area contributed by atoms with Gasteiger partial charge in [-0.05, 0) is 0 Å². The average molecular weight is 246 g/mol. The van der Waals surface area contributed by atoms with Crippen LogP contribution in [0.3, 0.4) is 0 Å². The molecule has 0 atom stereocenters. The Kier molecular flexibility index (Phi) is 26.4. The van der Waals surface area contributed by atoms with Crippen molar-refractivity contribution < 1.29 is 76.5 Å². The van der Waals surface area contributed by atoms with Gasteiger partial charge in [0, 0.05) is 61.4 Å². The van der Waals surface area contributed by atoms with E-state index in [-0.39, 0.29) is 61.4 Å². The Bertz CT molecular complexity index is 15.5. The van der Waals surface area contributed by atoms with Crippen LogP contribution < -0.4 is 0 Å². The molecule has 0 unspecified atom stereocenters. The first-order valence-electron chi connectivity index (χ1n) is 0.775. The van der Waals surface area contributed by atoms with Crippen molar-refractivity contribution in [3.05, 3.63) is 0 Å². The van der Waals surface area contributed by atoms with Crippen molar-refractivity contribution >= 4 is 7.32 Å². The van der Waals surface area contributed by atoms with Crippen LogP contribution in [0.4, 0.5) is 0 Å². The Morgan fingerprint density at radius 1 is 1.00 bits per heavy atom. The standard InChI is InChI=1S/BH3O3.La.Sc/c2-1(3)4;;/h2-4H;;. The third-order valence-electron chi connectivity index (χ3n) is 0. The Labute approximate surface area is 82.7 Å². The predicted octanol–water partition coefficient (Wildman–Crippen LogP) is -2.05. The maximum absolute atomic E-state index is 7.17. The van der Waals surface area contributed by atoms with Gasteiger partial charge < -0.3 is 15.1 Å². The Morgan fingerprint density at radius 3 is 1.00 bits per heavy atom. The van der Waals surface area contributed by atoms with Crippen LogP contribution in [0.5, 0.6) is 0 Å². The molecule has 2 radical (unpaired) electrons. The summed E-state index contributed by atoms with van der Waals surface area (Å²) < 4.78 is 0. The van der Waals surface area contributed by atoms with E-state index < -0.39 is 7.32 Å². The van der Waals surface area contributed by atoms with E-state index in [0.29, 0.717) is 0 Å². The van der Waals surface area contributed by atoms with Gasteiger partial charge in [-0.1, -0.05) is 0 Å². The molecule has 0 aromatic heterocycles. The summed E-state index contributed by atoms with van der Waals surface area (Å²) in [6.07, 6.45) is 0. The van der Waals surface area contributed by atoms with Gasteiger partial charge in [-0.25, -0.2) is 0 Å². The molecule has 0 aliphatic heterocycles. The summed E-state index contributed by atoms with van der Waals surface area (Å²) >= 11 is 0. The largest absolute Gasteiger partial charge is 0.631 e. The molecule has 0 rings (SSSR count). The van der Waals surface area contributed by atoms with Gasteiger partial charge in [0.15, 0.2) is 0 Å². The fourth-order valence-corrected chi connectivity index (χ4v) is 0. The van der Waals surface area contributed by atoms with Crippen LogP contribution in [0.1, 0.15) is 0 Å². The molecule has 6 heteroatoms. The van der Waals surface area contributed by atoms with Gasteiger partial charge in [0.25, 0.3) is 0 Å². The van der Waals surface area contributed by atoms with Gasteiger partial charge in [0.2, 0.25) is 0 Å². The molecule has 0 bridgehead atoms. The minimum absolute atomic E-state index is 0. The monoisotopic (exact) mass is 246 g/mol. The molecule has 3 N–H and O–H groups in total. The molecule has 0 heterocycles. The second kappa shape index (κ2) is 10.1. The van der Waals surface area contributed by atoms with Crippen molar-refractivity contribution in [3.8, 4) is 0 Å². The summed E-state index contributed by atoms with van der Waals surface area (Å²) in [7, 11) is -2.17. The molecule has 6 heavy (non-hydrogen) atoms. The molecule has 0 saturated carbocycles. The Balaban J connectivity index is -0.0000000450. The fraction of sp³-hybridized carbons (Fsp3) is 0. The van der Waals surface area contributed by atoms with E-state index in [0.717, 1.165) is 0 Å². The third-order valence-corrected chi connectivity index (χ3v) is 0. The van der Waals surface area contributed by atoms with Gasteiger partial charge in [0.1, 0.15) is 0 Å². The summed E-state index contributed by atoms with van der Waals surface area (Å²) in [6, 6.07) is 0. The smallest absolute Gasteiger partial charge is 0.402 e. The van der Waals surface area contributed by atoms with Gasteiger partial charge >= 0.3 is 7.32 Å². The molecule has 0 aromatic carbocycles. The first kappa shape index (κ1) is 15.7. The summed E-state index contributed by atoms with van der Waals surface area (Å²) in [6.45, 7) is 0. The summed E-state index contributed by atoms with van der Waals surface area (Å²) in [5.41, 5.74) is 0. The van der Waals surface area contributed by atoms with E-state index in [9.17, 15) is 0 Å². The van der Waals surface area contributed by atoms with Crippen LogP contribution in [0.15, 0.2) is 0 Å². The van der Waals surface area contributed by atoms with E-state index in [1.165, 1.54) is 0 Å². The molecule has 0 aromatic rings. The van der Waals surface area contributed by atoms with Gasteiger partial charge in [-0.2, -0.15) is 0 Å². The maximum atomic E-state index is 7.17. The van der Waals surface area contributed by atoms with Crippen molar-refractivity contribution in [1.82, 2.24) is 0 Å². The van der Waals surface area contributed by atoms with Crippen molar-refractivity contribution in [3.63, 3.8) is 0 Å². The minimum atomic E-state index is -2.17. The van der Waals surface area contributed by atoms with Crippen LogP contribution in [0, 0.1) is 35.6 Å². The molecule has 0 fully saturated rings.